The maximum absolute atomic E-state index is 13.1. The second kappa shape index (κ2) is 14.6. The first-order valence-corrected chi connectivity index (χ1v) is 11.9. The van der Waals surface area contributed by atoms with E-state index < -0.39 is 72.2 Å². The molecule has 1 aromatic heterocycles. The Morgan fingerprint density at radius 1 is 1.03 bits per heavy atom. The number of hydrogen-bond acceptors (Lipinski definition) is 9. The third kappa shape index (κ3) is 12.3. The van der Waals surface area contributed by atoms with Gasteiger partial charge in [0.2, 0.25) is 29.5 Å². The third-order valence-corrected chi connectivity index (χ3v) is 5.00. The van der Waals surface area contributed by atoms with Crippen molar-refractivity contribution in [1.29, 1.82) is 0 Å². The summed E-state index contributed by atoms with van der Waals surface area (Å²) in [6.07, 6.45) is 2.21. The average molecular weight is 536 g/mol. The van der Waals surface area contributed by atoms with Gasteiger partial charge in [0.05, 0.1) is 19.0 Å². The fraction of sp³-hybridized carbons (Fsp3) is 0.542. The number of primary amides is 2. The number of hydrogen-bond donors (Lipinski definition) is 5. The molecule has 1 heterocycles. The molecule has 0 aliphatic rings. The number of esters is 1. The van der Waals surface area contributed by atoms with E-state index in [-0.39, 0.29) is 19.3 Å². The van der Waals surface area contributed by atoms with E-state index in [4.69, 9.17) is 21.9 Å². The highest BCUT2D eigenvalue weighted by Crippen LogP contribution is 2.10. The quantitative estimate of drug-likeness (QED) is 0.163. The van der Waals surface area contributed by atoms with Crippen LogP contribution in [0.15, 0.2) is 24.5 Å². The van der Waals surface area contributed by atoms with Gasteiger partial charge in [0.1, 0.15) is 17.7 Å². The van der Waals surface area contributed by atoms with E-state index in [1.54, 1.807) is 32.9 Å². The second-order valence-corrected chi connectivity index (χ2v) is 9.75. The number of likely N-dealkylation sites (N-methyl/N-ethyl adjacent to an activating group) is 1. The van der Waals surface area contributed by atoms with Crippen molar-refractivity contribution in [3.8, 4) is 0 Å². The summed E-state index contributed by atoms with van der Waals surface area (Å²) in [5.74, 6) is -4.54. The minimum atomic E-state index is -1.46. The molecule has 0 radical (unpaired) electrons. The van der Waals surface area contributed by atoms with E-state index in [1.807, 2.05) is 0 Å². The van der Waals surface area contributed by atoms with E-state index in [0.717, 1.165) is 4.90 Å². The predicted molar refractivity (Wildman–Crippen MR) is 135 cm³/mol. The maximum atomic E-state index is 13.1. The van der Waals surface area contributed by atoms with E-state index in [1.165, 1.54) is 19.4 Å². The molecule has 1 unspecified atom stereocenters. The Morgan fingerprint density at radius 3 is 2.18 bits per heavy atom. The lowest BCUT2D eigenvalue weighted by Crippen LogP contribution is -2.57. The Labute approximate surface area is 221 Å². The molecule has 1 rings (SSSR count). The molecule has 0 fully saturated rings. The van der Waals surface area contributed by atoms with E-state index in [0.29, 0.717) is 5.56 Å². The summed E-state index contributed by atoms with van der Waals surface area (Å²) in [4.78, 5) is 78.5. The van der Waals surface area contributed by atoms with Crippen LogP contribution in [-0.4, -0.2) is 82.7 Å². The van der Waals surface area contributed by atoms with Crippen LogP contribution in [0.1, 0.15) is 45.6 Å². The lowest BCUT2D eigenvalue weighted by atomic mass is 10.0. The Morgan fingerprint density at radius 2 is 1.66 bits per heavy atom. The van der Waals surface area contributed by atoms with Crippen LogP contribution in [0.2, 0.25) is 0 Å². The van der Waals surface area contributed by atoms with E-state index >= 15 is 0 Å². The van der Waals surface area contributed by atoms with Crippen LogP contribution >= 0.6 is 0 Å². The Kier molecular flexibility index (Phi) is 12.3. The fourth-order valence-electron chi connectivity index (χ4n) is 3.29. The maximum Gasteiger partial charge on any atom is 0.306 e. The van der Waals surface area contributed by atoms with Crippen LogP contribution in [0.25, 0.3) is 0 Å². The molecule has 0 bridgehead atoms. The highest BCUT2D eigenvalue weighted by molar-refractivity contribution is 5.96. The van der Waals surface area contributed by atoms with Crippen molar-refractivity contribution in [2.75, 3.05) is 13.6 Å². The van der Waals surface area contributed by atoms with Gasteiger partial charge in [0.15, 0.2) is 0 Å². The van der Waals surface area contributed by atoms with Crippen molar-refractivity contribution in [1.82, 2.24) is 20.5 Å². The van der Waals surface area contributed by atoms with E-state index in [9.17, 15) is 28.8 Å². The predicted octanol–water partition coefficient (Wildman–Crippen LogP) is -2.14. The number of nitrogens with two attached hydrogens (primary N) is 3. The van der Waals surface area contributed by atoms with Gasteiger partial charge in [0.25, 0.3) is 0 Å². The van der Waals surface area contributed by atoms with Crippen LogP contribution in [0, 0.1) is 0 Å². The van der Waals surface area contributed by atoms with Crippen molar-refractivity contribution < 1.29 is 33.5 Å². The first-order valence-electron chi connectivity index (χ1n) is 11.9. The number of rotatable bonds is 14. The lowest BCUT2D eigenvalue weighted by molar-refractivity contribution is -0.155. The minimum Gasteiger partial charge on any atom is -0.460 e. The molecule has 0 aliphatic heterocycles. The number of pyridine rings is 1. The van der Waals surface area contributed by atoms with Crippen molar-refractivity contribution in [3.05, 3.63) is 30.1 Å². The van der Waals surface area contributed by atoms with Crippen molar-refractivity contribution in [3.63, 3.8) is 0 Å². The number of carbonyl (C=O) groups excluding carboxylic acids is 6. The van der Waals surface area contributed by atoms with Gasteiger partial charge >= 0.3 is 5.97 Å². The molecule has 210 valence electrons. The van der Waals surface area contributed by atoms with Gasteiger partial charge in [-0.2, -0.15) is 0 Å². The highest BCUT2D eigenvalue weighted by Gasteiger charge is 2.31. The fourth-order valence-corrected chi connectivity index (χ4v) is 3.29. The zero-order valence-electron chi connectivity index (χ0n) is 22.1. The smallest absolute Gasteiger partial charge is 0.306 e. The van der Waals surface area contributed by atoms with Gasteiger partial charge in [-0.05, 0) is 38.8 Å². The van der Waals surface area contributed by atoms with Crippen LogP contribution < -0.4 is 27.8 Å². The number of amides is 5. The summed E-state index contributed by atoms with van der Waals surface area (Å²) in [6, 6.07) is -0.525. The van der Waals surface area contributed by atoms with Crippen LogP contribution in [0.4, 0.5) is 0 Å². The summed E-state index contributed by atoms with van der Waals surface area (Å²) in [7, 11) is 1.34. The van der Waals surface area contributed by atoms with Crippen molar-refractivity contribution in [2.24, 2.45) is 17.2 Å². The Bertz CT molecular complexity index is 1010. The molecule has 14 heteroatoms. The Balaban J connectivity index is 2.98. The number of nitrogens with zero attached hydrogens (tertiary/aromatic N) is 2. The van der Waals surface area contributed by atoms with Gasteiger partial charge in [-0.25, -0.2) is 0 Å². The first-order chi connectivity index (χ1) is 17.6. The molecular formula is C24H37N7O7. The normalized spacial score (nSPS) is 13.4. The topological polar surface area (TPSA) is 230 Å². The minimum absolute atomic E-state index is 0.00580. The second-order valence-electron chi connectivity index (χ2n) is 9.75. The summed E-state index contributed by atoms with van der Waals surface area (Å²) in [5, 5.41) is 4.85. The zero-order chi connectivity index (χ0) is 29.0. The molecular weight excluding hydrogens is 498 g/mol. The third-order valence-electron chi connectivity index (χ3n) is 5.00. The van der Waals surface area contributed by atoms with Gasteiger partial charge in [-0.1, -0.05) is 6.07 Å². The van der Waals surface area contributed by atoms with Crippen molar-refractivity contribution >= 4 is 35.5 Å². The summed E-state index contributed by atoms with van der Waals surface area (Å²) >= 11 is 0. The van der Waals surface area contributed by atoms with E-state index in [2.05, 4.69) is 15.6 Å². The lowest BCUT2D eigenvalue weighted by Gasteiger charge is -2.26. The highest BCUT2D eigenvalue weighted by atomic mass is 16.6. The molecule has 0 aliphatic carbocycles. The molecule has 1 aromatic rings. The standard InChI is InChI=1S/C24H37N7O7/c1-24(2,3)38-20(34)8-7-15(25)21(35)29-16(11-18(26)32)22(36)30-17(10-14-6-5-9-28-12-14)23(37)31(4)13-19(27)33/h5-6,9,12,15-17H,7-8,10-11,13,25H2,1-4H3,(H2,26,32)(H2,27,33)(H,29,35)(H,30,36)/t15-,16?,17-/m0/s1. The molecule has 5 amide bonds. The molecule has 0 spiro atoms. The van der Waals surface area contributed by atoms with Gasteiger partial charge < -0.3 is 37.5 Å². The molecule has 0 aromatic carbocycles. The molecule has 38 heavy (non-hydrogen) atoms. The van der Waals surface area contributed by atoms with Crippen molar-refractivity contribution in [2.45, 2.75) is 70.2 Å². The summed E-state index contributed by atoms with van der Waals surface area (Å²) < 4.78 is 5.18. The molecule has 3 atom stereocenters. The van der Waals surface area contributed by atoms with Gasteiger partial charge in [0, 0.05) is 32.3 Å². The summed E-state index contributed by atoms with van der Waals surface area (Å²) in [6.45, 7) is 4.69. The number of carbonyl (C=O) groups is 6. The Hall–Kier alpha value is -4.07. The van der Waals surface area contributed by atoms with Crippen LogP contribution in [-0.2, 0) is 39.9 Å². The summed E-state index contributed by atoms with van der Waals surface area (Å²) in [5.41, 5.74) is 16.2. The van der Waals surface area contributed by atoms with Gasteiger partial charge in [-0.3, -0.25) is 33.8 Å². The monoisotopic (exact) mass is 535 g/mol. The van der Waals surface area contributed by atoms with Crippen LogP contribution in [0.3, 0.4) is 0 Å². The average Bonchev–Trinajstić information content (AvgIpc) is 2.79. The molecule has 0 saturated heterocycles. The molecule has 8 N–H and O–H groups in total. The van der Waals surface area contributed by atoms with Crippen LogP contribution in [0.5, 0.6) is 0 Å². The zero-order valence-corrected chi connectivity index (χ0v) is 22.1. The number of nitrogens with one attached hydrogen (secondary N) is 2. The number of ether oxygens (including phenoxy) is 1. The molecule has 0 saturated carbocycles. The molecule has 14 nitrogen and oxygen atoms in total. The van der Waals surface area contributed by atoms with Gasteiger partial charge in [-0.15, -0.1) is 0 Å². The number of aromatic nitrogens is 1. The largest absolute Gasteiger partial charge is 0.460 e. The first kappa shape index (κ1) is 32.0. The SMILES string of the molecule is CN(CC(N)=O)C(=O)[C@H](Cc1cccnc1)NC(=O)C(CC(N)=O)NC(=O)[C@@H](N)CCC(=O)OC(C)(C)C.